The molecule has 56 valence electrons. The lowest BCUT2D eigenvalue weighted by atomic mass is 10.5. The van der Waals surface area contributed by atoms with Crippen molar-refractivity contribution in [2.75, 3.05) is 0 Å². The Morgan fingerprint density at radius 1 is 1.00 bits per heavy atom. The molecular weight excluding hydrogens is 171 g/mol. The zero-order valence-electron chi connectivity index (χ0n) is 4.10. The second-order valence-corrected chi connectivity index (χ2v) is 0.921. The maximum atomic E-state index is 9.28. The van der Waals surface area contributed by atoms with Crippen LogP contribution in [-0.4, -0.2) is 11.9 Å². The number of aliphatic carboxylic acids is 2. The van der Waals surface area contributed by atoms with Gasteiger partial charge in [0.15, 0.2) is 0 Å². The van der Waals surface area contributed by atoms with E-state index in [-0.39, 0.29) is 24.8 Å². The molecule has 0 aliphatic rings. The van der Waals surface area contributed by atoms with Gasteiger partial charge in [-0.05, 0) is 0 Å². The molecule has 0 aliphatic heterocycles. The van der Waals surface area contributed by atoms with E-state index in [0.29, 0.717) is 0 Å². The van der Waals surface area contributed by atoms with E-state index in [1.807, 2.05) is 0 Å². The number of hydrogen-bond acceptors (Lipinski definition) is 4. The van der Waals surface area contributed by atoms with Crippen molar-refractivity contribution in [1.29, 1.82) is 0 Å². The second kappa shape index (κ2) is 7.52. The van der Waals surface area contributed by atoms with Crippen molar-refractivity contribution in [2.45, 2.75) is 6.42 Å². The first kappa shape index (κ1) is 15.8. The van der Waals surface area contributed by atoms with Crippen molar-refractivity contribution in [1.82, 2.24) is 0 Å². The van der Waals surface area contributed by atoms with Crippen LogP contribution >= 0.6 is 0 Å². The van der Waals surface area contributed by atoms with Gasteiger partial charge in [-0.1, -0.05) is 0 Å². The van der Waals surface area contributed by atoms with Crippen LogP contribution in [0.5, 0.6) is 0 Å². The number of hydrogen-bond donors (Lipinski definition) is 0. The first-order valence-corrected chi connectivity index (χ1v) is 1.52. The average molecular weight is 173 g/mol. The number of carboxylic acids is 2. The minimum absolute atomic E-state index is 0. The Balaban J connectivity index is -0.000000180. The molecule has 0 spiro atoms. The van der Waals surface area contributed by atoms with Crippen LogP contribution in [0.2, 0.25) is 0 Å². The van der Waals surface area contributed by atoms with Crippen molar-refractivity contribution < 1.29 is 44.6 Å². The number of carboxylic acid groups (broad SMARTS) is 2. The molecule has 0 aromatic carbocycles. The molecule has 0 unspecified atom stereocenters. The fourth-order valence-electron chi connectivity index (χ4n) is 0.118. The lowest BCUT2D eigenvalue weighted by Gasteiger charge is -1.99. The molecule has 0 rings (SSSR count). The highest BCUT2D eigenvalue weighted by molar-refractivity contribution is 5.86. The second-order valence-electron chi connectivity index (χ2n) is 0.921. The Morgan fingerprint density at radius 2 is 1.22 bits per heavy atom. The monoisotopic (exact) mass is 172 g/mol. The number of rotatable bonds is 2. The molecule has 0 radical (unpaired) electrons. The van der Waals surface area contributed by atoms with Crippen molar-refractivity contribution >= 4 is 11.9 Å². The Bertz CT molecular complexity index is 90.0. The zero-order chi connectivity index (χ0) is 5.86. The van der Waals surface area contributed by atoms with Gasteiger partial charge in [0.05, 0.1) is 0 Å². The minimum atomic E-state index is -1.63. The van der Waals surface area contributed by atoms with Crippen molar-refractivity contribution in [2.24, 2.45) is 0 Å². The Morgan fingerprint density at radius 3 is 1.22 bits per heavy atom. The van der Waals surface area contributed by atoms with Crippen molar-refractivity contribution in [3.8, 4) is 0 Å². The summed E-state index contributed by atoms with van der Waals surface area (Å²) >= 11 is 0. The van der Waals surface area contributed by atoms with E-state index in [0.717, 1.165) is 0 Å². The highest BCUT2D eigenvalue weighted by Crippen LogP contribution is 1.66. The van der Waals surface area contributed by atoms with E-state index in [2.05, 4.69) is 0 Å². The molecule has 0 aliphatic carbocycles. The predicted octanol–water partition coefficient (Wildman–Crippen LogP) is -9.12. The largest absolute Gasteiger partial charge is 1.00 e. The van der Waals surface area contributed by atoms with Gasteiger partial charge in [-0.25, -0.2) is 0 Å². The minimum Gasteiger partial charge on any atom is -1.00 e. The summed E-state index contributed by atoms with van der Waals surface area (Å²) in [7, 11) is 0. The average Bonchev–Trinajstić information content (AvgIpc) is 1.27. The van der Waals surface area contributed by atoms with Gasteiger partial charge in [0, 0.05) is 18.4 Å². The van der Waals surface area contributed by atoms with Crippen LogP contribution < -0.4 is 35.0 Å². The molecule has 0 bridgehead atoms. The zero-order valence-corrected chi connectivity index (χ0v) is 5.61. The third-order valence-corrected chi connectivity index (χ3v) is 0.289. The van der Waals surface area contributed by atoms with E-state index in [1.165, 1.54) is 0 Å². The highest BCUT2D eigenvalue weighted by atomic mass is 35.5. The topological polar surface area (TPSA) is 80.3 Å². The first-order chi connectivity index (χ1) is 3.13. The number of halogens is 2. The fourth-order valence-corrected chi connectivity index (χ4v) is 0.118. The third kappa shape index (κ3) is 18.5. The lowest BCUT2D eigenvalue weighted by molar-refractivity contribution is -0.322. The molecular formula is C3H2Cl2O4-4. The maximum Gasteiger partial charge on any atom is 0.0470 e. The van der Waals surface area contributed by atoms with Gasteiger partial charge in [0.25, 0.3) is 0 Å². The van der Waals surface area contributed by atoms with Crippen molar-refractivity contribution in [3.05, 3.63) is 0 Å². The molecule has 0 aromatic heterocycles. The summed E-state index contributed by atoms with van der Waals surface area (Å²) < 4.78 is 0. The molecule has 0 atom stereocenters. The number of carbonyl (C=O) groups is 2. The molecule has 9 heavy (non-hydrogen) atoms. The molecule has 0 heterocycles. The molecule has 0 saturated carbocycles. The Kier molecular flexibility index (Phi) is 13.2. The van der Waals surface area contributed by atoms with Crippen LogP contribution in [0.1, 0.15) is 6.42 Å². The van der Waals surface area contributed by atoms with Crippen LogP contribution in [0.25, 0.3) is 0 Å². The van der Waals surface area contributed by atoms with Gasteiger partial charge in [-0.3, -0.25) is 0 Å². The van der Waals surface area contributed by atoms with E-state index in [4.69, 9.17) is 0 Å². The van der Waals surface area contributed by atoms with Gasteiger partial charge in [0.1, 0.15) is 0 Å². The summed E-state index contributed by atoms with van der Waals surface area (Å²) in [6.45, 7) is 0. The summed E-state index contributed by atoms with van der Waals surface area (Å²) in [6, 6.07) is 0. The summed E-state index contributed by atoms with van der Waals surface area (Å²) in [4.78, 5) is 18.6. The molecule has 0 aromatic rings. The van der Waals surface area contributed by atoms with E-state index in [1.54, 1.807) is 0 Å². The van der Waals surface area contributed by atoms with E-state index in [9.17, 15) is 19.8 Å². The number of carbonyl (C=O) groups excluding carboxylic acids is 2. The van der Waals surface area contributed by atoms with Gasteiger partial charge >= 0.3 is 0 Å². The van der Waals surface area contributed by atoms with Crippen LogP contribution in [0.4, 0.5) is 0 Å². The van der Waals surface area contributed by atoms with Gasteiger partial charge in [0.2, 0.25) is 0 Å². The van der Waals surface area contributed by atoms with Crippen LogP contribution in [0.3, 0.4) is 0 Å². The molecule has 0 fully saturated rings. The molecule has 0 saturated heterocycles. The fraction of sp³-hybridized carbons (Fsp3) is 0.333. The van der Waals surface area contributed by atoms with E-state index < -0.39 is 18.4 Å². The maximum absolute atomic E-state index is 9.28. The first-order valence-electron chi connectivity index (χ1n) is 1.52. The predicted molar refractivity (Wildman–Crippen MR) is 14.6 cm³/mol. The summed E-state index contributed by atoms with van der Waals surface area (Å²) in [6.07, 6.45) is -1.03. The normalized spacial score (nSPS) is 6.22. The van der Waals surface area contributed by atoms with Crippen molar-refractivity contribution in [3.63, 3.8) is 0 Å². The molecule has 6 heteroatoms. The van der Waals surface area contributed by atoms with Gasteiger partial charge < -0.3 is 44.6 Å². The smallest absolute Gasteiger partial charge is 0.0470 e. The SMILES string of the molecule is O=C([O-])CC(=O)[O-].[Cl-].[Cl-]. The lowest BCUT2D eigenvalue weighted by Crippen LogP contribution is -3.00. The third-order valence-electron chi connectivity index (χ3n) is 0.289. The van der Waals surface area contributed by atoms with Gasteiger partial charge in [-0.2, -0.15) is 0 Å². The Hall–Kier alpha value is -0.480. The molecule has 0 N–H and O–H groups in total. The summed E-state index contributed by atoms with van der Waals surface area (Å²) in [5.41, 5.74) is 0. The van der Waals surface area contributed by atoms with Gasteiger partial charge in [-0.15, -0.1) is 0 Å². The summed E-state index contributed by atoms with van der Waals surface area (Å²) in [5.74, 6) is -3.25. The summed E-state index contributed by atoms with van der Waals surface area (Å²) in [5, 5.41) is 18.6. The van der Waals surface area contributed by atoms with Crippen LogP contribution in [0.15, 0.2) is 0 Å². The standard InChI is InChI=1S/C3H4O4.2ClH/c4-2(5)1-3(6)7;;/h1H2,(H,4,5)(H,6,7);2*1H/p-4. The molecule has 4 nitrogen and oxygen atoms in total. The quantitative estimate of drug-likeness (QED) is 0.388. The van der Waals surface area contributed by atoms with Crippen LogP contribution in [-0.2, 0) is 9.59 Å². The molecule has 0 amide bonds. The van der Waals surface area contributed by atoms with Crippen LogP contribution in [0, 0.1) is 0 Å². The highest BCUT2D eigenvalue weighted by Gasteiger charge is 1.81. The van der Waals surface area contributed by atoms with E-state index >= 15 is 0 Å². The Labute approximate surface area is 63.7 Å².